The molecule has 0 unspecified atom stereocenters. The van der Waals surface area contributed by atoms with E-state index in [9.17, 15) is 4.79 Å². The molecule has 2 rings (SSSR count). The predicted octanol–water partition coefficient (Wildman–Crippen LogP) is 1.60. The van der Waals surface area contributed by atoms with Gasteiger partial charge in [0.15, 0.2) is 17.2 Å². The van der Waals surface area contributed by atoms with Crippen molar-refractivity contribution in [3.05, 3.63) is 23.9 Å². The van der Waals surface area contributed by atoms with Crippen LogP contribution >= 0.6 is 0 Å². The number of nitrogens with zero attached hydrogens (tertiary/aromatic N) is 3. The number of aromatic nitrogens is 3. The predicted molar refractivity (Wildman–Crippen MR) is 88.4 cm³/mol. The summed E-state index contributed by atoms with van der Waals surface area (Å²) < 4.78 is 16.3. The molecule has 0 saturated carbocycles. The highest BCUT2D eigenvalue weighted by Gasteiger charge is 2.23. The number of ether oxygens (including phenoxy) is 3. The van der Waals surface area contributed by atoms with Gasteiger partial charge in [-0.3, -0.25) is 0 Å². The number of nitrogens with one attached hydrogen (secondary N) is 1. The zero-order valence-electron chi connectivity index (χ0n) is 14.3. The summed E-state index contributed by atoms with van der Waals surface area (Å²) in [4.78, 5) is 14.1. The lowest BCUT2D eigenvalue weighted by atomic mass is 10.1. The lowest BCUT2D eigenvalue weighted by molar-refractivity contribution is 0.0520. The Kier molecular flexibility index (Phi) is 6.14. The second-order valence-electron chi connectivity index (χ2n) is 5.23. The molecule has 8 nitrogen and oxygen atoms in total. The summed E-state index contributed by atoms with van der Waals surface area (Å²) in [6, 6.07) is 5.39. The Morgan fingerprint density at radius 1 is 1.29 bits per heavy atom. The Bertz CT molecular complexity index is 684. The van der Waals surface area contributed by atoms with Crippen LogP contribution in [0.4, 0.5) is 0 Å². The van der Waals surface area contributed by atoms with Gasteiger partial charge in [-0.25, -0.2) is 4.79 Å². The highest BCUT2D eigenvalue weighted by Crippen LogP contribution is 2.38. The minimum atomic E-state index is -0.539. The van der Waals surface area contributed by atoms with Gasteiger partial charge < -0.3 is 19.1 Å². The molecule has 8 heteroatoms. The monoisotopic (exact) mass is 334 g/mol. The number of rotatable bonds is 8. The van der Waals surface area contributed by atoms with E-state index in [1.807, 2.05) is 19.0 Å². The first-order valence-electron chi connectivity index (χ1n) is 7.61. The van der Waals surface area contributed by atoms with Crippen molar-refractivity contribution >= 4 is 5.97 Å². The van der Waals surface area contributed by atoms with Crippen molar-refractivity contribution in [2.45, 2.75) is 6.92 Å². The van der Waals surface area contributed by atoms with Gasteiger partial charge in [-0.1, -0.05) is 6.07 Å². The Balaban J connectivity index is 2.40. The van der Waals surface area contributed by atoms with Gasteiger partial charge >= 0.3 is 5.97 Å². The normalized spacial score (nSPS) is 10.7. The first kappa shape index (κ1) is 17.7. The largest absolute Gasteiger partial charge is 0.493 e. The second-order valence-corrected chi connectivity index (χ2v) is 5.23. The van der Waals surface area contributed by atoms with Crippen molar-refractivity contribution in [3.8, 4) is 22.8 Å². The summed E-state index contributed by atoms with van der Waals surface area (Å²) in [5.74, 6) is 0.536. The zero-order chi connectivity index (χ0) is 17.5. The maximum Gasteiger partial charge on any atom is 0.361 e. The third-order valence-electron chi connectivity index (χ3n) is 3.26. The molecule has 0 aliphatic rings. The Labute approximate surface area is 140 Å². The van der Waals surface area contributed by atoms with Crippen LogP contribution in [0.2, 0.25) is 0 Å². The van der Waals surface area contributed by atoms with Gasteiger partial charge in [0.25, 0.3) is 0 Å². The molecule has 0 saturated heterocycles. The number of likely N-dealkylation sites (N-methyl/N-ethyl adjacent to an activating group) is 1. The summed E-state index contributed by atoms with van der Waals surface area (Å²) in [5.41, 5.74) is 1.10. The van der Waals surface area contributed by atoms with Gasteiger partial charge in [-0.15, -0.1) is 5.10 Å². The van der Waals surface area contributed by atoms with E-state index in [1.165, 1.54) is 0 Å². The standard InChI is InChI=1S/C16H22N4O4/c1-5-23-16(21)14-13(17-19-18-14)11-7-6-8-12(22-4)15(11)24-10-9-20(2)3/h6-8H,5,9-10H2,1-4H3,(H,17,18,19). The van der Waals surface area contributed by atoms with Crippen LogP contribution in [0, 0.1) is 0 Å². The van der Waals surface area contributed by atoms with E-state index in [2.05, 4.69) is 15.4 Å². The van der Waals surface area contributed by atoms with Crippen LogP contribution in [0.25, 0.3) is 11.3 Å². The maximum absolute atomic E-state index is 12.0. The Morgan fingerprint density at radius 2 is 2.08 bits per heavy atom. The van der Waals surface area contributed by atoms with Crippen molar-refractivity contribution in [2.75, 3.05) is 41.0 Å². The second kappa shape index (κ2) is 8.30. The van der Waals surface area contributed by atoms with Gasteiger partial charge in [0.05, 0.1) is 19.3 Å². The number of esters is 1. The molecule has 24 heavy (non-hydrogen) atoms. The summed E-state index contributed by atoms with van der Waals surface area (Å²) in [7, 11) is 5.49. The van der Waals surface area contributed by atoms with E-state index < -0.39 is 5.97 Å². The molecule has 130 valence electrons. The zero-order valence-corrected chi connectivity index (χ0v) is 14.3. The molecule has 0 spiro atoms. The molecule has 2 aromatic rings. The summed E-state index contributed by atoms with van der Waals surface area (Å²) in [6.07, 6.45) is 0. The highest BCUT2D eigenvalue weighted by atomic mass is 16.5. The molecular weight excluding hydrogens is 312 g/mol. The van der Waals surface area contributed by atoms with Gasteiger partial charge in [0.2, 0.25) is 0 Å². The minimum absolute atomic E-state index is 0.113. The third-order valence-corrected chi connectivity index (χ3v) is 3.26. The fourth-order valence-corrected chi connectivity index (χ4v) is 2.10. The Hall–Kier alpha value is -2.61. The Morgan fingerprint density at radius 3 is 2.75 bits per heavy atom. The molecule has 0 aliphatic carbocycles. The van der Waals surface area contributed by atoms with Crippen LogP contribution in [0.5, 0.6) is 11.5 Å². The number of para-hydroxylation sites is 1. The fraction of sp³-hybridized carbons (Fsp3) is 0.438. The molecule has 0 aliphatic heterocycles. The summed E-state index contributed by atoms with van der Waals surface area (Å²) in [5, 5.41) is 10.5. The van der Waals surface area contributed by atoms with Crippen molar-refractivity contribution < 1.29 is 19.0 Å². The molecule has 1 heterocycles. The van der Waals surface area contributed by atoms with Crippen LogP contribution in [0.3, 0.4) is 0 Å². The SMILES string of the molecule is CCOC(=O)c1n[nH]nc1-c1cccc(OC)c1OCCN(C)C. The number of carbonyl (C=O) groups excluding carboxylic acids is 1. The molecule has 1 aromatic heterocycles. The molecule has 0 fully saturated rings. The maximum atomic E-state index is 12.0. The molecule has 0 radical (unpaired) electrons. The summed E-state index contributed by atoms with van der Waals surface area (Å²) in [6.45, 7) is 3.20. The van der Waals surface area contributed by atoms with Crippen LogP contribution < -0.4 is 9.47 Å². The van der Waals surface area contributed by atoms with E-state index in [0.29, 0.717) is 29.4 Å². The first-order chi connectivity index (χ1) is 11.6. The van der Waals surface area contributed by atoms with Gasteiger partial charge in [-0.05, 0) is 33.2 Å². The smallest absolute Gasteiger partial charge is 0.361 e. The number of H-pyrrole nitrogens is 1. The quantitative estimate of drug-likeness (QED) is 0.733. The molecule has 0 atom stereocenters. The molecule has 0 amide bonds. The third kappa shape index (κ3) is 4.02. The number of carbonyl (C=O) groups is 1. The van der Waals surface area contributed by atoms with Crippen molar-refractivity contribution in [1.82, 2.24) is 20.3 Å². The average Bonchev–Trinajstić information content (AvgIpc) is 3.04. The van der Waals surface area contributed by atoms with Crippen LogP contribution in [-0.2, 0) is 4.74 Å². The number of benzene rings is 1. The topological polar surface area (TPSA) is 89.6 Å². The molecule has 1 N–H and O–H groups in total. The van der Waals surface area contributed by atoms with E-state index in [4.69, 9.17) is 14.2 Å². The first-order valence-corrected chi connectivity index (χ1v) is 7.61. The van der Waals surface area contributed by atoms with E-state index >= 15 is 0 Å². The average molecular weight is 334 g/mol. The van der Waals surface area contributed by atoms with Crippen LogP contribution in [-0.4, -0.2) is 67.2 Å². The fourth-order valence-electron chi connectivity index (χ4n) is 2.10. The highest BCUT2D eigenvalue weighted by molar-refractivity contribution is 5.95. The van der Waals surface area contributed by atoms with E-state index in [1.54, 1.807) is 32.2 Å². The van der Waals surface area contributed by atoms with Crippen molar-refractivity contribution in [3.63, 3.8) is 0 Å². The lowest BCUT2D eigenvalue weighted by Crippen LogP contribution is -2.19. The van der Waals surface area contributed by atoms with Crippen LogP contribution in [0.1, 0.15) is 17.4 Å². The number of methoxy groups -OCH3 is 1. The van der Waals surface area contributed by atoms with Crippen molar-refractivity contribution in [1.29, 1.82) is 0 Å². The van der Waals surface area contributed by atoms with Crippen molar-refractivity contribution in [2.24, 2.45) is 0 Å². The van der Waals surface area contributed by atoms with Gasteiger partial charge in [-0.2, -0.15) is 10.3 Å². The summed E-state index contributed by atoms with van der Waals surface area (Å²) >= 11 is 0. The van der Waals surface area contributed by atoms with E-state index in [0.717, 1.165) is 6.54 Å². The molecule has 0 bridgehead atoms. The van der Waals surface area contributed by atoms with Gasteiger partial charge in [0, 0.05) is 6.54 Å². The number of hydrogen-bond donors (Lipinski definition) is 1. The lowest BCUT2D eigenvalue weighted by Gasteiger charge is -2.16. The van der Waals surface area contributed by atoms with Crippen LogP contribution in [0.15, 0.2) is 18.2 Å². The minimum Gasteiger partial charge on any atom is -0.493 e. The number of hydrogen-bond acceptors (Lipinski definition) is 7. The molecule has 1 aromatic carbocycles. The number of aromatic amines is 1. The van der Waals surface area contributed by atoms with Gasteiger partial charge in [0.1, 0.15) is 12.3 Å². The molecular formula is C16H22N4O4. The van der Waals surface area contributed by atoms with E-state index in [-0.39, 0.29) is 12.3 Å².